The van der Waals surface area contributed by atoms with Crippen molar-refractivity contribution >= 4 is 17.7 Å². The average Bonchev–Trinajstić information content (AvgIpc) is 2.64. The summed E-state index contributed by atoms with van der Waals surface area (Å²) in [5.41, 5.74) is 0. The van der Waals surface area contributed by atoms with Gasteiger partial charge in [0.2, 0.25) is 5.91 Å². The number of anilines is 1. The highest BCUT2D eigenvalue weighted by molar-refractivity contribution is 5.91. The number of likely N-dealkylation sites (N-methyl/N-ethyl adjacent to an activating group) is 1. The molecule has 100 valence electrons. The van der Waals surface area contributed by atoms with E-state index in [0.29, 0.717) is 5.82 Å². The zero-order valence-electron chi connectivity index (χ0n) is 10.6. The number of aryl methyl sites for hydroxylation is 1. The van der Waals surface area contributed by atoms with Gasteiger partial charge in [-0.2, -0.15) is 5.10 Å². The number of aliphatic carboxylic acids is 1. The van der Waals surface area contributed by atoms with E-state index >= 15 is 0 Å². The largest absolute Gasteiger partial charge is 0.480 e. The van der Waals surface area contributed by atoms with Crippen LogP contribution in [-0.2, 0) is 16.1 Å². The van der Waals surface area contributed by atoms with Crippen LogP contribution < -0.4 is 5.32 Å². The van der Waals surface area contributed by atoms with Gasteiger partial charge >= 0.3 is 5.97 Å². The van der Waals surface area contributed by atoms with Crippen LogP contribution in [0.1, 0.15) is 13.3 Å². The molecule has 1 amide bonds. The van der Waals surface area contributed by atoms with E-state index in [1.807, 2.05) is 6.92 Å². The number of carbonyl (C=O) groups excluding carboxylic acids is 1. The second-order valence-corrected chi connectivity index (χ2v) is 4.05. The van der Waals surface area contributed by atoms with E-state index in [4.69, 9.17) is 5.11 Å². The molecule has 0 aromatic carbocycles. The second kappa shape index (κ2) is 6.75. The number of hydrogen-bond donors (Lipinski definition) is 2. The van der Waals surface area contributed by atoms with Gasteiger partial charge in [-0.15, -0.1) is 0 Å². The van der Waals surface area contributed by atoms with Crippen molar-refractivity contribution in [2.45, 2.75) is 19.9 Å². The zero-order chi connectivity index (χ0) is 13.5. The number of nitrogens with one attached hydrogen (secondary N) is 1. The lowest BCUT2D eigenvalue weighted by atomic mass is 10.4. The standard InChI is InChI=1S/C11H18N4O3/c1-3-6-15-9(4-5-12-15)13-10(16)7-14(2)8-11(17)18/h4-5H,3,6-8H2,1-2H3,(H,13,16)(H,17,18). The van der Waals surface area contributed by atoms with Crippen LogP contribution in [0.5, 0.6) is 0 Å². The van der Waals surface area contributed by atoms with Crippen molar-refractivity contribution in [3.05, 3.63) is 12.3 Å². The fourth-order valence-electron chi connectivity index (χ4n) is 1.54. The molecule has 1 heterocycles. The van der Waals surface area contributed by atoms with E-state index in [0.717, 1.165) is 13.0 Å². The molecule has 0 aliphatic heterocycles. The Kier molecular flexibility index (Phi) is 5.31. The monoisotopic (exact) mass is 254 g/mol. The third-order valence-electron chi connectivity index (χ3n) is 2.24. The number of carboxylic acid groups (broad SMARTS) is 1. The highest BCUT2D eigenvalue weighted by atomic mass is 16.4. The number of hydrogen-bond acceptors (Lipinski definition) is 4. The van der Waals surface area contributed by atoms with Crippen molar-refractivity contribution in [3.63, 3.8) is 0 Å². The van der Waals surface area contributed by atoms with Gasteiger partial charge < -0.3 is 10.4 Å². The minimum Gasteiger partial charge on any atom is -0.480 e. The maximum absolute atomic E-state index is 11.7. The number of nitrogens with zero attached hydrogens (tertiary/aromatic N) is 3. The average molecular weight is 254 g/mol. The lowest BCUT2D eigenvalue weighted by Gasteiger charge is -2.14. The summed E-state index contributed by atoms with van der Waals surface area (Å²) in [6, 6.07) is 1.71. The predicted octanol–water partition coefficient (Wildman–Crippen LogP) is 0.248. The van der Waals surface area contributed by atoms with E-state index in [1.165, 1.54) is 4.90 Å². The summed E-state index contributed by atoms with van der Waals surface area (Å²) in [4.78, 5) is 23.6. The van der Waals surface area contributed by atoms with Crippen LogP contribution in [0.3, 0.4) is 0 Å². The van der Waals surface area contributed by atoms with Crippen molar-refractivity contribution < 1.29 is 14.7 Å². The Hall–Kier alpha value is -1.89. The van der Waals surface area contributed by atoms with Crippen LogP contribution in [-0.4, -0.2) is 51.8 Å². The molecule has 0 saturated carbocycles. The van der Waals surface area contributed by atoms with Crippen molar-refractivity contribution in [2.24, 2.45) is 0 Å². The molecule has 1 aromatic rings. The molecule has 0 fully saturated rings. The van der Waals surface area contributed by atoms with Crippen LogP contribution in [0.15, 0.2) is 12.3 Å². The number of aromatic nitrogens is 2. The summed E-state index contributed by atoms with van der Waals surface area (Å²) >= 11 is 0. The molecule has 7 nitrogen and oxygen atoms in total. The number of carbonyl (C=O) groups is 2. The minimum atomic E-state index is -0.957. The van der Waals surface area contributed by atoms with E-state index < -0.39 is 5.97 Å². The quantitative estimate of drug-likeness (QED) is 0.728. The molecule has 1 aromatic heterocycles. The maximum atomic E-state index is 11.7. The lowest BCUT2D eigenvalue weighted by Crippen LogP contribution is -2.34. The van der Waals surface area contributed by atoms with Gasteiger partial charge in [-0.1, -0.05) is 6.92 Å². The van der Waals surface area contributed by atoms with Gasteiger partial charge in [0.15, 0.2) is 0 Å². The van der Waals surface area contributed by atoms with Gasteiger partial charge in [0, 0.05) is 12.6 Å². The Morgan fingerprint density at radius 2 is 2.22 bits per heavy atom. The van der Waals surface area contributed by atoms with Crippen LogP contribution in [0.2, 0.25) is 0 Å². The summed E-state index contributed by atoms with van der Waals surface area (Å²) in [6.45, 7) is 2.62. The Morgan fingerprint density at radius 3 is 2.83 bits per heavy atom. The van der Waals surface area contributed by atoms with Crippen molar-refractivity contribution in [2.75, 3.05) is 25.5 Å². The summed E-state index contributed by atoms with van der Waals surface area (Å²) in [5, 5.41) is 15.4. The number of amides is 1. The molecule has 0 radical (unpaired) electrons. The van der Waals surface area contributed by atoms with Gasteiger partial charge in [-0.3, -0.25) is 14.5 Å². The first kappa shape index (κ1) is 14.2. The SMILES string of the molecule is CCCn1nccc1NC(=O)CN(C)CC(=O)O. The van der Waals surface area contributed by atoms with Crippen molar-refractivity contribution in [3.8, 4) is 0 Å². The highest BCUT2D eigenvalue weighted by Crippen LogP contribution is 2.06. The van der Waals surface area contributed by atoms with Crippen LogP contribution in [0, 0.1) is 0 Å². The van der Waals surface area contributed by atoms with Crippen molar-refractivity contribution in [1.82, 2.24) is 14.7 Å². The molecule has 2 N–H and O–H groups in total. The molecule has 0 atom stereocenters. The molecule has 18 heavy (non-hydrogen) atoms. The fourth-order valence-corrected chi connectivity index (χ4v) is 1.54. The molecule has 0 unspecified atom stereocenters. The predicted molar refractivity (Wildman–Crippen MR) is 66.3 cm³/mol. The van der Waals surface area contributed by atoms with Crippen LogP contribution in [0.25, 0.3) is 0 Å². The maximum Gasteiger partial charge on any atom is 0.317 e. The first-order valence-corrected chi connectivity index (χ1v) is 5.75. The van der Waals surface area contributed by atoms with Crippen molar-refractivity contribution in [1.29, 1.82) is 0 Å². The molecule has 0 aliphatic carbocycles. The van der Waals surface area contributed by atoms with Gasteiger partial charge in [0.1, 0.15) is 5.82 Å². The topological polar surface area (TPSA) is 87.5 Å². The minimum absolute atomic E-state index is 0.0314. The summed E-state index contributed by atoms with van der Waals surface area (Å²) < 4.78 is 1.70. The first-order chi connectivity index (χ1) is 8.52. The lowest BCUT2D eigenvalue weighted by molar-refractivity contribution is -0.138. The summed E-state index contributed by atoms with van der Waals surface area (Å²) in [6.07, 6.45) is 2.54. The molecule has 1 rings (SSSR count). The molecule has 0 saturated heterocycles. The van der Waals surface area contributed by atoms with E-state index in [2.05, 4.69) is 10.4 Å². The number of rotatable bonds is 7. The van der Waals surface area contributed by atoms with Gasteiger partial charge in [-0.25, -0.2) is 4.68 Å². The zero-order valence-corrected chi connectivity index (χ0v) is 10.6. The molecule has 0 spiro atoms. The fraction of sp³-hybridized carbons (Fsp3) is 0.545. The van der Waals surface area contributed by atoms with Crippen LogP contribution in [0.4, 0.5) is 5.82 Å². The molecule has 7 heteroatoms. The van der Waals surface area contributed by atoms with E-state index in [1.54, 1.807) is 24.0 Å². The normalized spacial score (nSPS) is 10.6. The third kappa shape index (κ3) is 4.54. The van der Waals surface area contributed by atoms with Gasteiger partial charge in [-0.05, 0) is 13.5 Å². The molecular weight excluding hydrogens is 236 g/mol. The Balaban J connectivity index is 2.48. The third-order valence-corrected chi connectivity index (χ3v) is 2.24. The Labute approximate surface area is 105 Å². The van der Waals surface area contributed by atoms with E-state index in [-0.39, 0.29) is 19.0 Å². The van der Waals surface area contributed by atoms with Gasteiger partial charge in [0.05, 0.1) is 19.3 Å². The van der Waals surface area contributed by atoms with E-state index in [9.17, 15) is 9.59 Å². The molecular formula is C11H18N4O3. The van der Waals surface area contributed by atoms with Crippen LogP contribution >= 0.6 is 0 Å². The molecule has 0 aliphatic rings. The second-order valence-electron chi connectivity index (χ2n) is 4.05. The Bertz CT molecular complexity index is 416. The first-order valence-electron chi connectivity index (χ1n) is 5.75. The summed E-state index contributed by atoms with van der Waals surface area (Å²) in [5.74, 6) is -0.580. The smallest absolute Gasteiger partial charge is 0.317 e. The Morgan fingerprint density at radius 1 is 1.50 bits per heavy atom. The molecule has 0 bridgehead atoms. The highest BCUT2D eigenvalue weighted by Gasteiger charge is 2.11. The van der Waals surface area contributed by atoms with Gasteiger partial charge in [0.25, 0.3) is 0 Å². The summed E-state index contributed by atoms with van der Waals surface area (Å²) in [7, 11) is 1.58. The number of carboxylic acids is 1.